The minimum atomic E-state index is 0.103. The van der Waals surface area contributed by atoms with E-state index in [1.54, 1.807) is 11.8 Å². The summed E-state index contributed by atoms with van der Waals surface area (Å²) in [7, 11) is 0. The van der Waals surface area contributed by atoms with Gasteiger partial charge in [0.25, 0.3) is 0 Å². The summed E-state index contributed by atoms with van der Waals surface area (Å²) in [5.74, 6) is 1.88. The molecule has 2 saturated heterocycles. The quantitative estimate of drug-likeness (QED) is 0.732. The lowest BCUT2D eigenvalue weighted by molar-refractivity contribution is -0.139. The van der Waals surface area contributed by atoms with E-state index in [4.69, 9.17) is 11.6 Å². The molecule has 148 valence electrons. The standard InChI is InChI=1S/C21H29ClN2O2S/c22-19-7-5-6-17(14-19)15-27-16-20(25)23-12-8-18(9-13-23)21(26)24-10-3-1-2-4-11-24/h5-7,14,18H,1-4,8-13,15-16H2. The van der Waals surface area contributed by atoms with Crippen LogP contribution in [-0.4, -0.2) is 53.5 Å². The van der Waals surface area contributed by atoms with Crippen LogP contribution in [0.2, 0.25) is 5.02 Å². The Labute approximate surface area is 171 Å². The molecule has 0 atom stereocenters. The van der Waals surface area contributed by atoms with Crippen molar-refractivity contribution in [2.45, 2.75) is 44.3 Å². The van der Waals surface area contributed by atoms with Crippen LogP contribution in [0.1, 0.15) is 44.1 Å². The maximum absolute atomic E-state index is 12.7. The molecule has 3 rings (SSSR count). The zero-order valence-electron chi connectivity index (χ0n) is 15.9. The van der Waals surface area contributed by atoms with E-state index in [1.165, 1.54) is 12.8 Å². The normalized spacial score (nSPS) is 19.0. The van der Waals surface area contributed by atoms with Gasteiger partial charge in [0, 0.05) is 42.9 Å². The van der Waals surface area contributed by atoms with Gasteiger partial charge in [0.1, 0.15) is 0 Å². The molecule has 6 heteroatoms. The van der Waals surface area contributed by atoms with Crippen molar-refractivity contribution in [2.24, 2.45) is 5.92 Å². The Bertz CT molecular complexity index is 639. The van der Waals surface area contributed by atoms with E-state index in [0.717, 1.165) is 55.1 Å². The molecule has 1 aromatic carbocycles. The number of carbonyl (C=O) groups excluding carboxylic acids is 2. The van der Waals surface area contributed by atoms with Crippen molar-refractivity contribution in [1.29, 1.82) is 0 Å². The highest BCUT2D eigenvalue weighted by Gasteiger charge is 2.30. The SMILES string of the molecule is O=C(CSCc1cccc(Cl)c1)N1CCC(C(=O)N2CCCCCC2)CC1. The lowest BCUT2D eigenvalue weighted by Gasteiger charge is -2.34. The smallest absolute Gasteiger partial charge is 0.232 e. The Hall–Kier alpha value is -1.20. The molecule has 0 unspecified atom stereocenters. The predicted molar refractivity (Wildman–Crippen MR) is 112 cm³/mol. The van der Waals surface area contributed by atoms with Crippen LogP contribution in [0.25, 0.3) is 0 Å². The summed E-state index contributed by atoms with van der Waals surface area (Å²) >= 11 is 7.62. The predicted octanol–water partition coefficient (Wildman–Crippen LogP) is 4.21. The first-order chi connectivity index (χ1) is 13.1. The second-order valence-corrected chi connectivity index (χ2v) is 8.94. The number of benzene rings is 1. The Morgan fingerprint density at radius 3 is 2.37 bits per heavy atom. The number of amides is 2. The van der Waals surface area contributed by atoms with Gasteiger partial charge in [-0.2, -0.15) is 0 Å². The van der Waals surface area contributed by atoms with Gasteiger partial charge in [0.15, 0.2) is 0 Å². The highest BCUT2D eigenvalue weighted by atomic mass is 35.5. The summed E-state index contributed by atoms with van der Waals surface area (Å²) in [6.07, 6.45) is 6.35. The highest BCUT2D eigenvalue weighted by Crippen LogP contribution is 2.23. The Balaban J connectivity index is 1.39. The molecule has 2 heterocycles. The third kappa shape index (κ3) is 6.15. The van der Waals surface area contributed by atoms with Gasteiger partial charge in [-0.1, -0.05) is 36.6 Å². The molecular formula is C21H29ClN2O2S. The van der Waals surface area contributed by atoms with E-state index in [0.29, 0.717) is 24.7 Å². The largest absolute Gasteiger partial charge is 0.342 e. The Morgan fingerprint density at radius 1 is 1.00 bits per heavy atom. The average molecular weight is 409 g/mol. The van der Waals surface area contributed by atoms with Gasteiger partial charge in [0.2, 0.25) is 11.8 Å². The Morgan fingerprint density at radius 2 is 1.70 bits per heavy atom. The van der Waals surface area contributed by atoms with Crippen LogP contribution in [0, 0.1) is 5.92 Å². The van der Waals surface area contributed by atoms with E-state index >= 15 is 0 Å². The molecule has 0 bridgehead atoms. The second kappa shape index (κ2) is 10.4. The van der Waals surface area contributed by atoms with Gasteiger partial charge >= 0.3 is 0 Å². The maximum Gasteiger partial charge on any atom is 0.232 e. The van der Waals surface area contributed by atoms with Gasteiger partial charge in [-0.3, -0.25) is 9.59 Å². The lowest BCUT2D eigenvalue weighted by atomic mass is 9.95. The van der Waals surface area contributed by atoms with E-state index in [2.05, 4.69) is 4.90 Å². The van der Waals surface area contributed by atoms with E-state index in [-0.39, 0.29) is 11.8 Å². The van der Waals surface area contributed by atoms with Gasteiger partial charge in [-0.15, -0.1) is 11.8 Å². The van der Waals surface area contributed by atoms with E-state index in [9.17, 15) is 9.59 Å². The summed E-state index contributed by atoms with van der Waals surface area (Å²) in [5.41, 5.74) is 1.14. The van der Waals surface area contributed by atoms with Gasteiger partial charge in [-0.05, 0) is 43.4 Å². The number of likely N-dealkylation sites (tertiary alicyclic amines) is 2. The zero-order chi connectivity index (χ0) is 19.1. The fraction of sp³-hybridized carbons (Fsp3) is 0.619. The van der Waals surface area contributed by atoms with Crippen LogP contribution in [0.5, 0.6) is 0 Å². The zero-order valence-corrected chi connectivity index (χ0v) is 17.4. The third-order valence-corrected chi connectivity index (χ3v) is 6.72. The molecule has 0 N–H and O–H groups in total. The van der Waals surface area contributed by atoms with Crippen LogP contribution in [-0.2, 0) is 15.3 Å². The summed E-state index contributed by atoms with van der Waals surface area (Å²) in [4.78, 5) is 29.2. The first-order valence-corrected chi connectivity index (χ1v) is 11.6. The van der Waals surface area contributed by atoms with Crippen molar-refractivity contribution < 1.29 is 9.59 Å². The highest BCUT2D eigenvalue weighted by molar-refractivity contribution is 7.99. The number of nitrogens with zero attached hydrogens (tertiary/aromatic N) is 2. The molecule has 0 aliphatic carbocycles. The van der Waals surface area contributed by atoms with Gasteiger partial charge in [0.05, 0.1) is 5.75 Å². The number of hydrogen-bond acceptors (Lipinski definition) is 3. The number of rotatable bonds is 5. The molecule has 2 amide bonds. The molecule has 2 aliphatic rings. The number of piperidine rings is 1. The first-order valence-electron chi connectivity index (χ1n) is 10.0. The Kier molecular flexibility index (Phi) is 7.89. The molecule has 0 radical (unpaired) electrons. The maximum atomic E-state index is 12.7. The number of carbonyl (C=O) groups is 2. The number of halogens is 1. The third-order valence-electron chi connectivity index (χ3n) is 5.50. The average Bonchev–Trinajstić information content (AvgIpc) is 2.97. The van der Waals surface area contributed by atoms with Crippen LogP contribution in [0.15, 0.2) is 24.3 Å². The first kappa shape index (κ1) is 20.5. The van der Waals surface area contributed by atoms with Crippen LogP contribution < -0.4 is 0 Å². The van der Waals surface area contributed by atoms with Gasteiger partial charge in [-0.25, -0.2) is 0 Å². The molecule has 27 heavy (non-hydrogen) atoms. The minimum Gasteiger partial charge on any atom is -0.342 e. The minimum absolute atomic E-state index is 0.103. The van der Waals surface area contributed by atoms with Crippen molar-refractivity contribution in [2.75, 3.05) is 31.9 Å². The summed E-state index contributed by atoms with van der Waals surface area (Å²) in [5, 5.41) is 0.732. The van der Waals surface area contributed by atoms with Crippen molar-refractivity contribution in [3.63, 3.8) is 0 Å². The topological polar surface area (TPSA) is 40.6 Å². The molecule has 2 fully saturated rings. The summed E-state index contributed by atoms with van der Waals surface area (Å²) in [6.45, 7) is 3.25. The van der Waals surface area contributed by atoms with Crippen molar-refractivity contribution in [3.05, 3.63) is 34.9 Å². The van der Waals surface area contributed by atoms with Crippen LogP contribution >= 0.6 is 23.4 Å². The lowest BCUT2D eigenvalue weighted by Crippen LogP contribution is -2.45. The molecule has 0 saturated carbocycles. The fourth-order valence-electron chi connectivity index (χ4n) is 3.90. The van der Waals surface area contributed by atoms with E-state index in [1.807, 2.05) is 29.2 Å². The van der Waals surface area contributed by atoms with Gasteiger partial charge < -0.3 is 9.80 Å². The van der Waals surface area contributed by atoms with Crippen molar-refractivity contribution >= 4 is 35.2 Å². The molecule has 0 aromatic heterocycles. The van der Waals surface area contributed by atoms with Crippen LogP contribution in [0.3, 0.4) is 0 Å². The van der Waals surface area contributed by atoms with Crippen molar-refractivity contribution in [1.82, 2.24) is 9.80 Å². The summed E-state index contributed by atoms with van der Waals surface area (Å²) in [6, 6.07) is 7.77. The monoisotopic (exact) mass is 408 g/mol. The summed E-state index contributed by atoms with van der Waals surface area (Å²) < 4.78 is 0. The van der Waals surface area contributed by atoms with Crippen LogP contribution in [0.4, 0.5) is 0 Å². The van der Waals surface area contributed by atoms with E-state index < -0.39 is 0 Å². The number of thioether (sulfide) groups is 1. The second-order valence-electron chi connectivity index (χ2n) is 7.52. The molecule has 1 aromatic rings. The molecule has 2 aliphatic heterocycles. The number of hydrogen-bond donors (Lipinski definition) is 0. The van der Waals surface area contributed by atoms with Crippen molar-refractivity contribution in [3.8, 4) is 0 Å². The molecule has 4 nitrogen and oxygen atoms in total. The molecular weight excluding hydrogens is 380 g/mol. The molecule has 0 spiro atoms. The fourth-order valence-corrected chi connectivity index (χ4v) is 4.99.